The fraction of sp³-hybridized carbons (Fsp3) is 0.538. The second-order valence-electron chi connectivity index (χ2n) is 4.81. The second kappa shape index (κ2) is 6.43. The largest absolute Gasteiger partial charge is 0.495 e. The molecule has 0 radical (unpaired) electrons. The molecule has 0 aromatic heterocycles. The van der Waals surface area contributed by atoms with Crippen molar-refractivity contribution >= 4 is 15.7 Å². The molecule has 20 heavy (non-hydrogen) atoms. The van der Waals surface area contributed by atoms with Crippen LogP contribution < -0.4 is 15.2 Å². The van der Waals surface area contributed by atoms with E-state index in [9.17, 15) is 8.42 Å². The van der Waals surface area contributed by atoms with Gasteiger partial charge in [-0.1, -0.05) is 0 Å². The average molecular weight is 300 g/mol. The minimum absolute atomic E-state index is 0.155. The van der Waals surface area contributed by atoms with Gasteiger partial charge in [0.2, 0.25) is 10.0 Å². The second-order valence-corrected chi connectivity index (χ2v) is 6.58. The van der Waals surface area contributed by atoms with Crippen molar-refractivity contribution in [3.8, 4) is 5.75 Å². The molecule has 2 rings (SSSR count). The van der Waals surface area contributed by atoms with Gasteiger partial charge in [0, 0.05) is 19.8 Å². The molecule has 1 fully saturated rings. The number of anilines is 1. The van der Waals surface area contributed by atoms with Crippen molar-refractivity contribution in [3.63, 3.8) is 0 Å². The SMILES string of the molecule is COc1ccc(S(=O)(=O)NCC2CCOCC2)cc1N. The molecule has 1 aromatic carbocycles. The van der Waals surface area contributed by atoms with Gasteiger partial charge in [-0.05, 0) is 37.0 Å². The summed E-state index contributed by atoms with van der Waals surface area (Å²) in [5, 5.41) is 0. The van der Waals surface area contributed by atoms with Crippen LogP contribution in [-0.4, -0.2) is 35.3 Å². The van der Waals surface area contributed by atoms with Gasteiger partial charge in [0.15, 0.2) is 0 Å². The van der Waals surface area contributed by atoms with Crippen LogP contribution in [0, 0.1) is 5.92 Å². The van der Waals surface area contributed by atoms with Crippen LogP contribution in [0.2, 0.25) is 0 Å². The van der Waals surface area contributed by atoms with E-state index < -0.39 is 10.0 Å². The molecule has 6 nitrogen and oxygen atoms in total. The Labute approximate surface area is 119 Å². The summed E-state index contributed by atoms with van der Waals surface area (Å²) in [6.07, 6.45) is 1.76. The van der Waals surface area contributed by atoms with E-state index in [0.717, 1.165) is 12.8 Å². The monoisotopic (exact) mass is 300 g/mol. The van der Waals surface area contributed by atoms with E-state index in [0.29, 0.717) is 37.1 Å². The molecule has 1 aliphatic rings. The highest BCUT2D eigenvalue weighted by Gasteiger charge is 2.19. The first-order chi connectivity index (χ1) is 9.53. The zero-order valence-electron chi connectivity index (χ0n) is 11.5. The third-order valence-electron chi connectivity index (χ3n) is 3.41. The molecule has 0 bridgehead atoms. The number of hydrogen-bond donors (Lipinski definition) is 2. The Balaban J connectivity index is 2.04. The smallest absolute Gasteiger partial charge is 0.240 e. The minimum Gasteiger partial charge on any atom is -0.495 e. The Morgan fingerprint density at radius 2 is 2.10 bits per heavy atom. The first-order valence-corrected chi connectivity index (χ1v) is 8.02. The molecule has 3 N–H and O–H groups in total. The summed E-state index contributed by atoms with van der Waals surface area (Å²) in [5.74, 6) is 0.794. The van der Waals surface area contributed by atoms with E-state index >= 15 is 0 Å². The van der Waals surface area contributed by atoms with Crippen molar-refractivity contribution in [3.05, 3.63) is 18.2 Å². The Morgan fingerprint density at radius 3 is 2.70 bits per heavy atom. The summed E-state index contributed by atoms with van der Waals surface area (Å²) >= 11 is 0. The van der Waals surface area contributed by atoms with Crippen molar-refractivity contribution in [2.45, 2.75) is 17.7 Å². The summed E-state index contributed by atoms with van der Waals surface area (Å²) < 4.78 is 37.3. The number of nitrogens with two attached hydrogens (primary N) is 1. The molecule has 0 amide bonds. The quantitative estimate of drug-likeness (QED) is 0.791. The molecule has 1 saturated heterocycles. The zero-order valence-corrected chi connectivity index (χ0v) is 12.3. The first kappa shape index (κ1) is 15.1. The number of hydrogen-bond acceptors (Lipinski definition) is 5. The molecular formula is C13H20N2O4S. The molecular weight excluding hydrogens is 280 g/mol. The van der Waals surface area contributed by atoms with Crippen LogP contribution in [0.4, 0.5) is 5.69 Å². The number of rotatable bonds is 5. The number of ether oxygens (including phenoxy) is 2. The van der Waals surface area contributed by atoms with Crippen molar-refractivity contribution in [1.82, 2.24) is 4.72 Å². The van der Waals surface area contributed by atoms with E-state index in [1.807, 2.05) is 0 Å². The lowest BCUT2D eigenvalue weighted by atomic mass is 10.0. The third-order valence-corrected chi connectivity index (χ3v) is 4.84. The van der Waals surface area contributed by atoms with Gasteiger partial charge in [-0.2, -0.15) is 0 Å². The Bertz CT molecular complexity index is 553. The van der Waals surface area contributed by atoms with Gasteiger partial charge in [-0.25, -0.2) is 13.1 Å². The summed E-state index contributed by atoms with van der Waals surface area (Å²) in [6, 6.07) is 4.45. The molecule has 1 aromatic rings. The maximum atomic E-state index is 12.2. The van der Waals surface area contributed by atoms with Gasteiger partial charge in [0.25, 0.3) is 0 Å². The summed E-state index contributed by atoms with van der Waals surface area (Å²) in [5.41, 5.74) is 6.04. The molecule has 0 unspecified atom stereocenters. The predicted molar refractivity (Wildman–Crippen MR) is 76.1 cm³/mol. The van der Waals surface area contributed by atoms with E-state index in [2.05, 4.69) is 4.72 Å². The van der Waals surface area contributed by atoms with Crippen molar-refractivity contribution in [2.75, 3.05) is 32.6 Å². The Kier molecular flexibility index (Phi) is 4.85. The molecule has 1 heterocycles. The molecule has 0 spiro atoms. The fourth-order valence-electron chi connectivity index (χ4n) is 2.14. The molecule has 0 atom stereocenters. The van der Waals surface area contributed by atoms with E-state index in [1.165, 1.54) is 19.2 Å². The Hall–Kier alpha value is -1.31. The molecule has 7 heteroatoms. The maximum absolute atomic E-state index is 12.2. The van der Waals surface area contributed by atoms with E-state index in [4.69, 9.17) is 15.2 Å². The molecule has 0 aliphatic carbocycles. The lowest BCUT2D eigenvalue weighted by Gasteiger charge is -2.22. The normalized spacial score (nSPS) is 17.1. The van der Waals surface area contributed by atoms with Gasteiger partial charge in [-0.3, -0.25) is 0 Å². The Morgan fingerprint density at radius 1 is 1.40 bits per heavy atom. The van der Waals surface area contributed by atoms with Crippen molar-refractivity contribution in [1.29, 1.82) is 0 Å². The van der Waals surface area contributed by atoms with E-state index in [-0.39, 0.29) is 4.90 Å². The number of nitrogen functional groups attached to an aromatic ring is 1. The standard InChI is InChI=1S/C13H20N2O4S/c1-18-13-3-2-11(8-12(13)14)20(16,17)15-9-10-4-6-19-7-5-10/h2-3,8,10,15H,4-7,9,14H2,1H3. The van der Waals surface area contributed by atoms with Crippen LogP contribution >= 0.6 is 0 Å². The van der Waals surface area contributed by atoms with Crippen LogP contribution in [0.5, 0.6) is 5.75 Å². The highest BCUT2D eigenvalue weighted by Crippen LogP contribution is 2.24. The fourth-order valence-corrected chi connectivity index (χ4v) is 3.29. The van der Waals surface area contributed by atoms with Crippen LogP contribution in [0.25, 0.3) is 0 Å². The van der Waals surface area contributed by atoms with Crippen LogP contribution in [-0.2, 0) is 14.8 Å². The van der Waals surface area contributed by atoms with Crippen LogP contribution in [0.1, 0.15) is 12.8 Å². The van der Waals surface area contributed by atoms with Gasteiger partial charge in [0.1, 0.15) is 5.75 Å². The first-order valence-electron chi connectivity index (χ1n) is 6.54. The lowest BCUT2D eigenvalue weighted by Crippen LogP contribution is -2.32. The maximum Gasteiger partial charge on any atom is 0.240 e. The van der Waals surface area contributed by atoms with E-state index in [1.54, 1.807) is 6.07 Å². The summed E-state index contributed by atoms with van der Waals surface area (Å²) in [6.45, 7) is 1.82. The number of nitrogens with one attached hydrogen (secondary N) is 1. The van der Waals surface area contributed by atoms with Gasteiger partial charge >= 0.3 is 0 Å². The van der Waals surface area contributed by atoms with Crippen molar-refractivity contribution in [2.24, 2.45) is 5.92 Å². The van der Waals surface area contributed by atoms with Crippen molar-refractivity contribution < 1.29 is 17.9 Å². The predicted octanol–water partition coefficient (Wildman–Crippen LogP) is 0.982. The topological polar surface area (TPSA) is 90.7 Å². The summed E-state index contributed by atoms with van der Waals surface area (Å²) in [7, 11) is -2.04. The van der Waals surface area contributed by atoms with Crippen LogP contribution in [0.3, 0.4) is 0 Å². The van der Waals surface area contributed by atoms with Gasteiger partial charge in [-0.15, -0.1) is 0 Å². The highest BCUT2D eigenvalue weighted by atomic mass is 32.2. The van der Waals surface area contributed by atoms with Gasteiger partial charge in [0.05, 0.1) is 17.7 Å². The number of benzene rings is 1. The average Bonchev–Trinajstić information content (AvgIpc) is 2.46. The molecule has 0 saturated carbocycles. The minimum atomic E-state index is -3.53. The number of sulfonamides is 1. The van der Waals surface area contributed by atoms with Gasteiger partial charge < -0.3 is 15.2 Å². The third kappa shape index (κ3) is 3.62. The molecule has 1 aliphatic heterocycles. The van der Waals surface area contributed by atoms with Crippen LogP contribution in [0.15, 0.2) is 23.1 Å². The zero-order chi connectivity index (χ0) is 14.6. The number of methoxy groups -OCH3 is 1. The summed E-state index contributed by atoms with van der Waals surface area (Å²) in [4.78, 5) is 0.155. The highest BCUT2D eigenvalue weighted by molar-refractivity contribution is 7.89. The molecule has 112 valence electrons. The lowest BCUT2D eigenvalue weighted by molar-refractivity contribution is 0.0678.